The second kappa shape index (κ2) is 4.58. The van der Waals surface area contributed by atoms with Crippen LogP contribution >= 0.6 is 0 Å². The summed E-state index contributed by atoms with van der Waals surface area (Å²) in [5.74, 6) is 0. The molecule has 1 atom stereocenters. The Morgan fingerprint density at radius 3 is 2.36 bits per heavy atom. The Bertz CT molecular complexity index is 267. The summed E-state index contributed by atoms with van der Waals surface area (Å²) < 4.78 is 0. The van der Waals surface area contributed by atoms with Crippen molar-refractivity contribution in [3.05, 3.63) is 35.9 Å². The van der Waals surface area contributed by atoms with Crippen molar-refractivity contribution in [2.45, 2.75) is 39.0 Å². The maximum atomic E-state index is 9.50. The lowest BCUT2D eigenvalue weighted by Crippen LogP contribution is -2.47. The minimum Gasteiger partial charge on any atom is -0.392 e. The van der Waals surface area contributed by atoms with E-state index < -0.39 is 0 Å². The smallest absolute Gasteiger partial charge is 0.0688 e. The molecule has 0 radical (unpaired) electrons. The Hall–Kier alpha value is -0.860. The molecule has 0 aliphatic carbocycles. The van der Waals surface area contributed by atoms with Gasteiger partial charge in [-0.25, -0.2) is 0 Å². The standard InChI is InChI=1S/C12H19NO/c1-10(14)12(2,3)13-9-11-7-5-4-6-8-11/h4-8,10,13-14H,9H2,1-3H3. The third-order valence-corrected chi connectivity index (χ3v) is 2.64. The van der Waals surface area contributed by atoms with Gasteiger partial charge in [0.2, 0.25) is 0 Å². The highest BCUT2D eigenvalue weighted by Gasteiger charge is 2.22. The van der Waals surface area contributed by atoms with Crippen molar-refractivity contribution < 1.29 is 5.11 Å². The van der Waals surface area contributed by atoms with Gasteiger partial charge in [0.05, 0.1) is 6.10 Å². The van der Waals surface area contributed by atoms with Crippen LogP contribution in [-0.4, -0.2) is 16.7 Å². The molecule has 2 heteroatoms. The molecule has 1 unspecified atom stereocenters. The summed E-state index contributed by atoms with van der Waals surface area (Å²) in [6, 6.07) is 10.2. The zero-order valence-corrected chi connectivity index (χ0v) is 9.12. The van der Waals surface area contributed by atoms with Crippen LogP contribution in [0.2, 0.25) is 0 Å². The summed E-state index contributed by atoms with van der Waals surface area (Å²) in [7, 11) is 0. The lowest BCUT2D eigenvalue weighted by Gasteiger charge is -2.29. The third-order valence-electron chi connectivity index (χ3n) is 2.64. The average molecular weight is 193 g/mol. The van der Waals surface area contributed by atoms with E-state index >= 15 is 0 Å². The van der Waals surface area contributed by atoms with Crippen LogP contribution in [0.5, 0.6) is 0 Å². The fourth-order valence-corrected chi connectivity index (χ4v) is 1.07. The molecule has 0 aliphatic rings. The molecule has 0 bridgehead atoms. The van der Waals surface area contributed by atoms with Gasteiger partial charge >= 0.3 is 0 Å². The molecular formula is C12H19NO. The SMILES string of the molecule is CC(O)C(C)(C)NCc1ccccc1. The van der Waals surface area contributed by atoms with E-state index in [9.17, 15) is 5.11 Å². The van der Waals surface area contributed by atoms with Crippen molar-refractivity contribution in [1.82, 2.24) is 5.32 Å². The van der Waals surface area contributed by atoms with Crippen LogP contribution in [-0.2, 0) is 6.54 Å². The van der Waals surface area contributed by atoms with Gasteiger partial charge in [0.25, 0.3) is 0 Å². The molecule has 0 aromatic heterocycles. The number of nitrogens with one attached hydrogen (secondary N) is 1. The van der Waals surface area contributed by atoms with E-state index in [4.69, 9.17) is 0 Å². The Kier molecular flexibility index (Phi) is 3.67. The summed E-state index contributed by atoms with van der Waals surface area (Å²) in [5, 5.41) is 12.8. The fraction of sp³-hybridized carbons (Fsp3) is 0.500. The normalized spacial score (nSPS) is 14.0. The van der Waals surface area contributed by atoms with Crippen molar-refractivity contribution in [3.8, 4) is 0 Å². The number of aliphatic hydroxyl groups is 1. The van der Waals surface area contributed by atoms with E-state index in [1.807, 2.05) is 32.0 Å². The monoisotopic (exact) mass is 193 g/mol. The van der Waals surface area contributed by atoms with Crippen LogP contribution in [0.3, 0.4) is 0 Å². The van der Waals surface area contributed by atoms with E-state index in [2.05, 4.69) is 17.4 Å². The van der Waals surface area contributed by atoms with Crippen molar-refractivity contribution in [1.29, 1.82) is 0 Å². The van der Waals surface area contributed by atoms with Crippen LogP contribution in [0, 0.1) is 0 Å². The molecule has 0 aliphatic heterocycles. The summed E-state index contributed by atoms with van der Waals surface area (Å²) in [4.78, 5) is 0. The molecule has 2 nitrogen and oxygen atoms in total. The Morgan fingerprint density at radius 1 is 1.29 bits per heavy atom. The van der Waals surface area contributed by atoms with Crippen molar-refractivity contribution >= 4 is 0 Å². The van der Waals surface area contributed by atoms with Gasteiger partial charge in [0, 0.05) is 12.1 Å². The largest absolute Gasteiger partial charge is 0.392 e. The molecule has 78 valence electrons. The van der Waals surface area contributed by atoms with E-state index in [-0.39, 0.29) is 11.6 Å². The van der Waals surface area contributed by atoms with E-state index in [1.165, 1.54) is 5.56 Å². The quantitative estimate of drug-likeness (QED) is 0.766. The molecule has 0 saturated heterocycles. The Labute approximate surface area is 86.0 Å². The molecule has 0 fully saturated rings. The molecule has 0 amide bonds. The highest BCUT2D eigenvalue weighted by molar-refractivity contribution is 5.14. The van der Waals surface area contributed by atoms with E-state index in [0.717, 1.165) is 6.54 Å². The molecule has 1 aromatic carbocycles. The maximum absolute atomic E-state index is 9.50. The van der Waals surface area contributed by atoms with Gasteiger partial charge in [-0.15, -0.1) is 0 Å². The molecule has 0 spiro atoms. The molecule has 0 heterocycles. The zero-order valence-electron chi connectivity index (χ0n) is 9.12. The third kappa shape index (κ3) is 3.13. The van der Waals surface area contributed by atoms with Crippen LogP contribution in [0.1, 0.15) is 26.3 Å². The lowest BCUT2D eigenvalue weighted by molar-refractivity contribution is 0.0956. The Morgan fingerprint density at radius 2 is 1.86 bits per heavy atom. The van der Waals surface area contributed by atoms with Gasteiger partial charge in [-0.2, -0.15) is 0 Å². The van der Waals surface area contributed by atoms with Gasteiger partial charge in [-0.1, -0.05) is 30.3 Å². The van der Waals surface area contributed by atoms with Crippen LogP contribution < -0.4 is 5.32 Å². The topological polar surface area (TPSA) is 32.3 Å². The first-order valence-electron chi connectivity index (χ1n) is 4.99. The first-order chi connectivity index (χ1) is 6.52. The highest BCUT2D eigenvalue weighted by Crippen LogP contribution is 2.09. The second-order valence-corrected chi connectivity index (χ2v) is 4.24. The lowest BCUT2D eigenvalue weighted by atomic mass is 9.98. The molecule has 2 N–H and O–H groups in total. The van der Waals surface area contributed by atoms with Gasteiger partial charge < -0.3 is 10.4 Å². The molecular weight excluding hydrogens is 174 g/mol. The summed E-state index contributed by atoms with van der Waals surface area (Å²) in [6.07, 6.45) is -0.355. The van der Waals surface area contributed by atoms with E-state index in [0.29, 0.717) is 0 Å². The molecule has 0 saturated carbocycles. The van der Waals surface area contributed by atoms with Gasteiger partial charge in [-0.05, 0) is 26.3 Å². The summed E-state index contributed by atoms with van der Waals surface area (Å²) in [6.45, 7) is 6.60. The molecule has 1 rings (SSSR count). The highest BCUT2D eigenvalue weighted by atomic mass is 16.3. The predicted octanol–water partition coefficient (Wildman–Crippen LogP) is 1.94. The summed E-state index contributed by atoms with van der Waals surface area (Å²) >= 11 is 0. The predicted molar refractivity (Wildman–Crippen MR) is 59.0 cm³/mol. The number of hydrogen-bond acceptors (Lipinski definition) is 2. The van der Waals surface area contributed by atoms with Crippen molar-refractivity contribution in [3.63, 3.8) is 0 Å². The number of rotatable bonds is 4. The van der Waals surface area contributed by atoms with Gasteiger partial charge in [-0.3, -0.25) is 0 Å². The second-order valence-electron chi connectivity index (χ2n) is 4.24. The minimum atomic E-state index is -0.355. The fourth-order valence-electron chi connectivity index (χ4n) is 1.07. The van der Waals surface area contributed by atoms with E-state index in [1.54, 1.807) is 6.92 Å². The molecule has 14 heavy (non-hydrogen) atoms. The number of hydrogen-bond donors (Lipinski definition) is 2. The summed E-state index contributed by atoms with van der Waals surface area (Å²) in [5.41, 5.74) is 0.997. The number of aliphatic hydroxyl groups excluding tert-OH is 1. The molecule has 1 aromatic rings. The van der Waals surface area contributed by atoms with Crippen LogP contribution in [0.15, 0.2) is 30.3 Å². The van der Waals surface area contributed by atoms with Crippen molar-refractivity contribution in [2.75, 3.05) is 0 Å². The zero-order chi connectivity index (χ0) is 10.6. The maximum Gasteiger partial charge on any atom is 0.0688 e. The van der Waals surface area contributed by atoms with Gasteiger partial charge in [0.1, 0.15) is 0 Å². The minimum absolute atomic E-state index is 0.240. The first-order valence-corrected chi connectivity index (χ1v) is 4.99. The average Bonchev–Trinajstić information content (AvgIpc) is 2.16. The van der Waals surface area contributed by atoms with Crippen LogP contribution in [0.25, 0.3) is 0 Å². The first kappa shape index (κ1) is 11.2. The van der Waals surface area contributed by atoms with Crippen LogP contribution in [0.4, 0.5) is 0 Å². The van der Waals surface area contributed by atoms with Gasteiger partial charge in [0.15, 0.2) is 0 Å². The van der Waals surface area contributed by atoms with Crippen molar-refractivity contribution in [2.24, 2.45) is 0 Å². The number of benzene rings is 1. The Balaban J connectivity index is 2.49.